The number of nitrogens with one attached hydrogen (secondary N) is 1. The second-order valence-corrected chi connectivity index (χ2v) is 4.96. The van der Waals surface area contributed by atoms with Gasteiger partial charge in [-0.15, -0.1) is 0 Å². The first kappa shape index (κ1) is 14.2. The fourth-order valence-corrected chi connectivity index (χ4v) is 2.23. The third-order valence-corrected chi connectivity index (χ3v) is 3.49. The zero-order chi connectivity index (χ0) is 13.9. The molecule has 1 fully saturated rings. The fourth-order valence-electron chi connectivity index (χ4n) is 2.23. The van der Waals surface area contributed by atoms with E-state index in [1.165, 1.54) is 0 Å². The molecule has 1 aliphatic heterocycles. The molecule has 0 bridgehead atoms. The summed E-state index contributed by atoms with van der Waals surface area (Å²) in [6.45, 7) is 2.60. The van der Waals surface area contributed by atoms with Gasteiger partial charge in [-0.2, -0.15) is 8.78 Å². The van der Waals surface area contributed by atoms with Crippen LogP contribution >= 0.6 is 0 Å². The average Bonchev–Trinajstić information content (AvgIpc) is 2.39. The van der Waals surface area contributed by atoms with Crippen LogP contribution in [-0.4, -0.2) is 25.3 Å². The van der Waals surface area contributed by atoms with Crippen molar-refractivity contribution in [1.29, 1.82) is 0 Å². The standard InChI is InChI=1S/C14H19F2NO2/c1-3-14(2)9-17-8-12(19-14)10-6-4-5-7-11(10)18-13(15)16/h4-7,12-13,17H,3,8-9H2,1-2H3. The molecule has 0 amide bonds. The molecule has 0 spiro atoms. The summed E-state index contributed by atoms with van der Waals surface area (Å²) < 4.78 is 35.4. The quantitative estimate of drug-likeness (QED) is 0.912. The number of halogens is 2. The Kier molecular flexibility index (Phi) is 4.37. The van der Waals surface area contributed by atoms with Gasteiger partial charge in [-0.25, -0.2) is 0 Å². The molecule has 1 heterocycles. The largest absolute Gasteiger partial charge is 0.434 e. The Morgan fingerprint density at radius 3 is 2.89 bits per heavy atom. The van der Waals surface area contributed by atoms with E-state index >= 15 is 0 Å². The van der Waals surface area contributed by atoms with Gasteiger partial charge in [0.1, 0.15) is 5.75 Å². The smallest absolute Gasteiger partial charge is 0.387 e. The SMILES string of the molecule is CCC1(C)CNCC(c2ccccc2OC(F)F)O1. The molecule has 3 nitrogen and oxygen atoms in total. The molecule has 1 aliphatic rings. The van der Waals surface area contributed by atoms with Crippen LogP contribution in [0.2, 0.25) is 0 Å². The number of alkyl halides is 2. The Morgan fingerprint density at radius 2 is 2.21 bits per heavy atom. The number of rotatable bonds is 4. The van der Waals surface area contributed by atoms with Crippen LogP contribution < -0.4 is 10.1 Å². The fraction of sp³-hybridized carbons (Fsp3) is 0.571. The van der Waals surface area contributed by atoms with E-state index in [4.69, 9.17) is 4.74 Å². The first-order valence-electron chi connectivity index (χ1n) is 6.46. The van der Waals surface area contributed by atoms with Crippen molar-refractivity contribution < 1.29 is 18.3 Å². The lowest BCUT2D eigenvalue weighted by atomic mass is 9.98. The molecule has 0 aliphatic carbocycles. The zero-order valence-corrected chi connectivity index (χ0v) is 11.2. The van der Waals surface area contributed by atoms with Crippen LogP contribution in [-0.2, 0) is 4.74 Å². The van der Waals surface area contributed by atoms with Crippen molar-refractivity contribution in [3.8, 4) is 5.75 Å². The third-order valence-electron chi connectivity index (χ3n) is 3.49. The van der Waals surface area contributed by atoms with E-state index in [0.29, 0.717) is 12.1 Å². The molecule has 0 radical (unpaired) electrons. The number of hydrogen-bond acceptors (Lipinski definition) is 3. The molecule has 2 atom stereocenters. The highest BCUT2D eigenvalue weighted by molar-refractivity contribution is 5.35. The van der Waals surface area contributed by atoms with Crippen molar-refractivity contribution in [3.63, 3.8) is 0 Å². The molecular weight excluding hydrogens is 252 g/mol. The molecule has 1 N–H and O–H groups in total. The Morgan fingerprint density at radius 1 is 1.47 bits per heavy atom. The maximum absolute atomic E-state index is 12.4. The molecule has 1 saturated heterocycles. The summed E-state index contributed by atoms with van der Waals surface area (Å²) in [4.78, 5) is 0. The van der Waals surface area contributed by atoms with Gasteiger partial charge >= 0.3 is 6.61 Å². The molecule has 0 aromatic heterocycles. The second kappa shape index (κ2) is 5.84. The maximum atomic E-state index is 12.4. The first-order chi connectivity index (χ1) is 9.04. The molecule has 106 valence electrons. The lowest BCUT2D eigenvalue weighted by Gasteiger charge is -2.39. The molecule has 5 heteroatoms. The minimum absolute atomic E-state index is 0.185. The predicted octanol–water partition coefficient (Wildman–Crippen LogP) is 3.12. The minimum Gasteiger partial charge on any atom is -0.434 e. The number of para-hydroxylation sites is 1. The van der Waals surface area contributed by atoms with Crippen LogP contribution in [0.3, 0.4) is 0 Å². The second-order valence-electron chi connectivity index (χ2n) is 4.96. The Balaban J connectivity index is 2.21. The maximum Gasteiger partial charge on any atom is 0.387 e. The summed E-state index contributed by atoms with van der Waals surface area (Å²) >= 11 is 0. The van der Waals surface area contributed by atoms with Crippen molar-refractivity contribution in [1.82, 2.24) is 5.32 Å². The summed E-state index contributed by atoms with van der Waals surface area (Å²) in [6, 6.07) is 6.79. The molecule has 19 heavy (non-hydrogen) atoms. The van der Waals surface area contributed by atoms with Crippen LogP contribution in [0, 0.1) is 0 Å². The van der Waals surface area contributed by atoms with Gasteiger partial charge in [0.25, 0.3) is 0 Å². The van der Waals surface area contributed by atoms with E-state index in [1.807, 2.05) is 13.8 Å². The minimum atomic E-state index is -2.82. The molecule has 1 aromatic carbocycles. The van der Waals surface area contributed by atoms with Gasteiger partial charge in [0.15, 0.2) is 0 Å². The van der Waals surface area contributed by atoms with Crippen molar-refractivity contribution >= 4 is 0 Å². The van der Waals surface area contributed by atoms with Crippen LogP contribution in [0.4, 0.5) is 8.78 Å². The third kappa shape index (κ3) is 3.42. The Bertz CT molecular complexity index is 428. The van der Waals surface area contributed by atoms with Crippen molar-refractivity contribution in [3.05, 3.63) is 29.8 Å². The topological polar surface area (TPSA) is 30.5 Å². The number of hydrogen-bond donors (Lipinski definition) is 1. The van der Waals surface area contributed by atoms with Crippen LogP contribution in [0.5, 0.6) is 5.75 Å². The van der Waals surface area contributed by atoms with E-state index in [0.717, 1.165) is 13.0 Å². The highest BCUT2D eigenvalue weighted by Gasteiger charge is 2.33. The van der Waals surface area contributed by atoms with Gasteiger partial charge in [0, 0.05) is 18.7 Å². The van der Waals surface area contributed by atoms with Crippen LogP contribution in [0.15, 0.2) is 24.3 Å². The Labute approximate surface area is 111 Å². The van der Waals surface area contributed by atoms with Crippen LogP contribution in [0.25, 0.3) is 0 Å². The lowest BCUT2D eigenvalue weighted by Crippen LogP contribution is -2.48. The predicted molar refractivity (Wildman–Crippen MR) is 68.5 cm³/mol. The highest BCUT2D eigenvalue weighted by Crippen LogP contribution is 2.34. The lowest BCUT2D eigenvalue weighted by molar-refractivity contribution is -0.112. The van der Waals surface area contributed by atoms with Crippen molar-refractivity contribution in [2.24, 2.45) is 0 Å². The normalized spacial score (nSPS) is 27.5. The van der Waals surface area contributed by atoms with Crippen LogP contribution in [0.1, 0.15) is 31.9 Å². The van der Waals surface area contributed by atoms with E-state index in [-0.39, 0.29) is 17.5 Å². The zero-order valence-electron chi connectivity index (χ0n) is 11.2. The van der Waals surface area contributed by atoms with E-state index in [9.17, 15) is 8.78 Å². The summed E-state index contributed by atoms with van der Waals surface area (Å²) in [5.74, 6) is 0.185. The molecular formula is C14H19F2NO2. The molecule has 1 aromatic rings. The molecule has 0 saturated carbocycles. The summed E-state index contributed by atoms with van der Waals surface area (Å²) in [5.41, 5.74) is 0.385. The summed E-state index contributed by atoms with van der Waals surface area (Å²) in [5, 5.41) is 3.29. The highest BCUT2D eigenvalue weighted by atomic mass is 19.3. The number of ether oxygens (including phenoxy) is 2. The van der Waals surface area contributed by atoms with E-state index in [2.05, 4.69) is 10.1 Å². The number of benzene rings is 1. The van der Waals surface area contributed by atoms with Gasteiger partial charge in [-0.05, 0) is 19.4 Å². The summed E-state index contributed by atoms with van der Waals surface area (Å²) in [6.07, 6.45) is 0.586. The van der Waals surface area contributed by atoms with Gasteiger partial charge in [-0.3, -0.25) is 0 Å². The molecule has 2 rings (SSSR count). The number of morpholine rings is 1. The van der Waals surface area contributed by atoms with Crippen molar-refractivity contribution in [2.75, 3.05) is 13.1 Å². The van der Waals surface area contributed by atoms with Gasteiger partial charge in [0.05, 0.1) is 11.7 Å². The van der Waals surface area contributed by atoms with Gasteiger partial charge in [0.2, 0.25) is 0 Å². The Hall–Kier alpha value is -1.20. The van der Waals surface area contributed by atoms with E-state index < -0.39 is 6.61 Å². The monoisotopic (exact) mass is 271 g/mol. The van der Waals surface area contributed by atoms with Gasteiger partial charge < -0.3 is 14.8 Å². The van der Waals surface area contributed by atoms with E-state index in [1.54, 1.807) is 24.3 Å². The molecule has 2 unspecified atom stereocenters. The first-order valence-corrected chi connectivity index (χ1v) is 6.46. The van der Waals surface area contributed by atoms with Crippen molar-refractivity contribution in [2.45, 2.75) is 38.6 Å². The van der Waals surface area contributed by atoms with Gasteiger partial charge in [-0.1, -0.05) is 25.1 Å². The summed E-state index contributed by atoms with van der Waals surface area (Å²) in [7, 11) is 0. The average molecular weight is 271 g/mol.